The SMILES string of the molecule is Cc1ccc(CNC(=O)CCc2cccnc2)cc1. The van der Waals surface area contributed by atoms with E-state index in [9.17, 15) is 4.79 Å². The molecule has 1 heterocycles. The number of amides is 1. The maximum atomic E-state index is 11.7. The Morgan fingerprint density at radius 2 is 1.95 bits per heavy atom. The molecule has 1 N–H and O–H groups in total. The van der Waals surface area contributed by atoms with Crippen molar-refractivity contribution < 1.29 is 4.79 Å². The van der Waals surface area contributed by atoms with Gasteiger partial charge >= 0.3 is 0 Å². The first kappa shape index (κ1) is 13.3. The van der Waals surface area contributed by atoms with Gasteiger partial charge in [0.05, 0.1) is 0 Å². The number of hydrogen-bond acceptors (Lipinski definition) is 2. The number of carbonyl (C=O) groups excluding carboxylic acids is 1. The Balaban J connectivity index is 1.74. The van der Waals surface area contributed by atoms with Crippen molar-refractivity contribution in [2.75, 3.05) is 0 Å². The molecule has 0 spiro atoms. The van der Waals surface area contributed by atoms with Crippen LogP contribution in [0.2, 0.25) is 0 Å². The standard InChI is InChI=1S/C16H18N2O/c1-13-4-6-15(7-5-13)12-18-16(19)9-8-14-3-2-10-17-11-14/h2-7,10-11H,8-9,12H2,1H3,(H,18,19). The average Bonchev–Trinajstić information content (AvgIpc) is 2.45. The molecule has 19 heavy (non-hydrogen) atoms. The predicted molar refractivity (Wildman–Crippen MR) is 75.6 cm³/mol. The van der Waals surface area contributed by atoms with Crippen LogP contribution in [0.3, 0.4) is 0 Å². The summed E-state index contributed by atoms with van der Waals surface area (Å²) in [5.74, 6) is 0.0735. The summed E-state index contributed by atoms with van der Waals surface area (Å²) in [4.78, 5) is 15.8. The molecule has 1 amide bonds. The molecule has 0 aliphatic rings. The highest BCUT2D eigenvalue weighted by Gasteiger charge is 2.02. The van der Waals surface area contributed by atoms with Gasteiger partial charge in [0, 0.05) is 25.4 Å². The van der Waals surface area contributed by atoms with Crippen LogP contribution < -0.4 is 5.32 Å². The zero-order chi connectivity index (χ0) is 13.5. The van der Waals surface area contributed by atoms with Crippen LogP contribution >= 0.6 is 0 Å². The number of nitrogens with zero attached hydrogens (tertiary/aromatic N) is 1. The number of pyridine rings is 1. The van der Waals surface area contributed by atoms with E-state index in [4.69, 9.17) is 0 Å². The third-order valence-corrected chi connectivity index (χ3v) is 2.97. The summed E-state index contributed by atoms with van der Waals surface area (Å²) in [5.41, 5.74) is 3.44. The number of carbonyl (C=O) groups is 1. The monoisotopic (exact) mass is 254 g/mol. The molecule has 1 aromatic heterocycles. The van der Waals surface area contributed by atoms with Crippen LogP contribution in [-0.4, -0.2) is 10.9 Å². The first-order valence-electron chi connectivity index (χ1n) is 6.45. The lowest BCUT2D eigenvalue weighted by molar-refractivity contribution is -0.121. The van der Waals surface area contributed by atoms with Gasteiger partial charge in [-0.2, -0.15) is 0 Å². The van der Waals surface area contributed by atoms with Gasteiger partial charge in [0.25, 0.3) is 0 Å². The second kappa shape index (κ2) is 6.69. The van der Waals surface area contributed by atoms with E-state index >= 15 is 0 Å². The van der Waals surface area contributed by atoms with Gasteiger partial charge in [0.2, 0.25) is 5.91 Å². The molecule has 0 atom stereocenters. The highest BCUT2D eigenvalue weighted by atomic mass is 16.1. The van der Waals surface area contributed by atoms with Crippen LogP contribution in [0.5, 0.6) is 0 Å². The van der Waals surface area contributed by atoms with Gasteiger partial charge in [-0.1, -0.05) is 35.9 Å². The fourth-order valence-corrected chi connectivity index (χ4v) is 1.80. The number of benzene rings is 1. The maximum Gasteiger partial charge on any atom is 0.220 e. The van der Waals surface area contributed by atoms with E-state index in [-0.39, 0.29) is 5.91 Å². The zero-order valence-electron chi connectivity index (χ0n) is 11.1. The molecule has 1 aromatic carbocycles. The van der Waals surface area contributed by atoms with Crippen LogP contribution in [0.4, 0.5) is 0 Å². The summed E-state index contributed by atoms with van der Waals surface area (Å²) >= 11 is 0. The van der Waals surface area contributed by atoms with Crippen LogP contribution in [0.15, 0.2) is 48.8 Å². The normalized spacial score (nSPS) is 10.2. The Labute approximate surface area is 113 Å². The van der Waals surface area contributed by atoms with Crippen molar-refractivity contribution in [1.29, 1.82) is 0 Å². The minimum atomic E-state index is 0.0735. The van der Waals surface area contributed by atoms with Crippen molar-refractivity contribution in [3.63, 3.8) is 0 Å². The molecule has 0 bridgehead atoms. The minimum absolute atomic E-state index is 0.0735. The fourth-order valence-electron chi connectivity index (χ4n) is 1.80. The van der Waals surface area contributed by atoms with Gasteiger partial charge in [-0.25, -0.2) is 0 Å². The quantitative estimate of drug-likeness (QED) is 0.891. The third-order valence-electron chi connectivity index (χ3n) is 2.97. The molecule has 0 aliphatic heterocycles. The smallest absolute Gasteiger partial charge is 0.220 e. The van der Waals surface area contributed by atoms with E-state index in [0.29, 0.717) is 13.0 Å². The molecular formula is C16H18N2O. The Bertz CT molecular complexity index is 520. The maximum absolute atomic E-state index is 11.7. The number of aryl methyl sites for hydroxylation is 2. The molecule has 2 aromatic rings. The van der Waals surface area contributed by atoms with E-state index in [0.717, 1.165) is 17.5 Å². The number of hydrogen-bond donors (Lipinski definition) is 1. The van der Waals surface area contributed by atoms with Crippen molar-refractivity contribution in [3.05, 3.63) is 65.5 Å². The third kappa shape index (κ3) is 4.54. The molecule has 0 radical (unpaired) electrons. The Morgan fingerprint density at radius 3 is 2.63 bits per heavy atom. The Hall–Kier alpha value is -2.16. The molecule has 0 saturated heterocycles. The van der Waals surface area contributed by atoms with Crippen molar-refractivity contribution in [2.45, 2.75) is 26.3 Å². The second-order valence-corrected chi connectivity index (χ2v) is 4.62. The lowest BCUT2D eigenvalue weighted by Crippen LogP contribution is -2.22. The number of aromatic nitrogens is 1. The Kier molecular flexibility index (Phi) is 4.67. The van der Waals surface area contributed by atoms with Gasteiger partial charge < -0.3 is 5.32 Å². The van der Waals surface area contributed by atoms with Gasteiger partial charge in [-0.3, -0.25) is 9.78 Å². The molecule has 98 valence electrons. The molecule has 0 fully saturated rings. The van der Waals surface area contributed by atoms with Crippen molar-refractivity contribution in [3.8, 4) is 0 Å². The van der Waals surface area contributed by atoms with Crippen LogP contribution in [0.25, 0.3) is 0 Å². The molecule has 3 nitrogen and oxygen atoms in total. The lowest BCUT2D eigenvalue weighted by Gasteiger charge is -2.05. The van der Waals surface area contributed by atoms with Gasteiger partial charge in [0.15, 0.2) is 0 Å². The summed E-state index contributed by atoms with van der Waals surface area (Å²) in [7, 11) is 0. The summed E-state index contributed by atoms with van der Waals surface area (Å²) in [6, 6.07) is 12.1. The summed E-state index contributed by atoms with van der Waals surface area (Å²) < 4.78 is 0. The predicted octanol–water partition coefficient (Wildman–Crippen LogP) is 2.64. The van der Waals surface area contributed by atoms with Crippen molar-refractivity contribution >= 4 is 5.91 Å². The first-order valence-corrected chi connectivity index (χ1v) is 6.45. The lowest BCUT2D eigenvalue weighted by atomic mass is 10.1. The van der Waals surface area contributed by atoms with Crippen LogP contribution in [-0.2, 0) is 17.8 Å². The van der Waals surface area contributed by atoms with Gasteiger partial charge in [-0.05, 0) is 30.5 Å². The van der Waals surface area contributed by atoms with E-state index in [1.54, 1.807) is 12.4 Å². The topological polar surface area (TPSA) is 42.0 Å². The van der Waals surface area contributed by atoms with Crippen LogP contribution in [0, 0.1) is 6.92 Å². The highest BCUT2D eigenvalue weighted by Crippen LogP contribution is 2.03. The average molecular weight is 254 g/mol. The molecule has 0 aliphatic carbocycles. The highest BCUT2D eigenvalue weighted by molar-refractivity contribution is 5.76. The molecule has 0 unspecified atom stereocenters. The molecule has 2 rings (SSSR count). The van der Waals surface area contributed by atoms with E-state index in [2.05, 4.69) is 29.4 Å². The number of nitrogens with one attached hydrogen (secondary N) is 1. The van der Waals surface area contributed by atoms with E-state index < -0.39 is 0 Å². The zero-order valence-corrected chi connectivity index (χ0v) is 11.1. The van der Waals surface area contributed by atoms with Crippen molar-refractivity contribution in [1.82, 2.24) is 10.3 Å². The van der Waals surface area contributed by atoms with Gasteiger partial charge in [-0.15, -0.1) is 0 Å². The molecule has 3 heteroatoms. The Morgan fingerprint density at radius 1 is 1.16 bits per heavy atom. The minimum Gasteiger partial charge on any atom is -0.352 e. The fraction of sp³-hybridized carbons (Fsp3) is 0.250. The van der Waals surface area contributed by atoms with E-state index in [1.165, 1.54) is 5.56 Å². The number of rotatable bonds is 5. The largest absolute Gasteiger partial charge is 0.352 e. The van der Waals surface area contributed by atoms with E-state index in [1.807, 2.05) is 24.3 Å². The summed E-state index contributed by atoms with van der Waals surface area (Å²) in [6.45, 7) is 2.64. The van der Waals surface area contributed by atoms with Crippen molar-refractivity contribution in [2.24, 2.45) is 0 Å². The first-order chi connectivity index (χ1) is 9.24. The summed E-state index contributed by atoms with van der Waals surface area (Å²) in [5, 5.41) is 2.93. The summed E-state index contributed by atoms with van der Waals surface area (Å²) in [6.07, 6.45) is 4.76. The van der Waals surface area contributed by atoms with Crippen LogP contribution in [0.1, 0.15) is 23.1 Å². The molecule has 0 saturated carbocycles. The molecular weight excluding hydrogens is 236 g/mol. The van der Waals surface area contributed by atoms with Gasteiger partial charge in [0.1, 0.15) is 0 Å². The second-order valence-electron chi connectivity index (χ2n) is 4.62.